The molecule has 0 radical (unpaired) electrons. The van der Waals surface area contributed by atoms with Crippen molar-refractivity contribution in [2.45, 2.75) is 38.9 Å². The van der Waals surface area contributed by atoms with E-state index in [4.69, 9.17) is 0 Å². The molecule has 1 N–H and O–H groups in total. The molecule has 6 heteroatoms. The van der Waals surface area contributed by atoms with Crippen LogP contribution >= 0.6 is 11.8 Å². The van der Waals surface area contributed by atoms with Crippen molar-refractivity contribution in [1.29, 1.82) is 0 Å². The van der Waals surface area contributed by atoms with Gasteiger partial charge in [-0.2, -0.15) is 0 Å². The maximum Gasteiger partial charge on any atom is 0.267 e. The van der Waals surface area contributed by atoms with Crippen LogP contribution in [0.3, 0.4) is 0 Å². The van der Waals surface area contributed by atoms with Gasteiger partial charge in [-0.15, -0.1) is 11.8 Å². The molecule has 5 nitrogen and oxygen atoms in total. The number of carbonyl (C=O) groups is 3. The number of hydrogen-bond acceptors (Lipinski definition) is 4. The predicted octanol–water partition coefficient (Wildman–Crippen LogP) is 4.85. The third-order valence-corrected chi connectivity index (χ3v) is 5.98. The SMILES string of the molecule is CCCCCN1C(=O)C(SCc2ccccc2)=C(c2ccc(NC(C)=O)cc2)C1=O. The molecule has 0 spiro atoms. The Kier molecular flexibility index (Phi) is 7.46. The summed E-state index contributed by atoms with van der Waals surface area (Å²) >= 11 is 1.41. The van der Waals surface area contributed by atoms with Crippen molar-refractivity contribution in [3.63, 3.8) is 0 Å². The summed E-state index contributed by atoms with van der Waals surface area (Å²) in [6.07, 6.45) is 2.81. The van der Waals surface area contributed by atoms with E-state index in [-0.39, 0.29) is 17.7 Å². The highest BCUT2D eigenvalue weighted by atomic mass is 32.2. The summed E-state index contributed by atoms with van der Waals surface area (Å²) in [5.41, 5.74) is 2.89. The number of imide groups is 1. The van der Waals surface area contributed by atoms with Crippen LogP contribution in [0.4, 0.5) is 5.69 Å². The molecule has 0 unspecified atom stereocenters. The van der Waals surface area contributed by atoms with Crippen LogP contribution in [-0.4, -0.2) is 29.2 Å². The maximum atomic E-state index is 13.2. The third kappa shape index (κ3) is 5.19. The number of hydrogen-bond donors (Lipinski definition) is 1. The van der Waals surface area contributed by atoms with Crippen molar-refractivity contribution in [2.24, 2.45) is 0 Å². The summed E-state index contributed by atoms with van der Waals surface area (Å²) in [6, 6.07) is 17.0. The van der Waals surface area contributed by atoms with E-state index in [1.807, 2.05) is 30.3 Å². The summed E-state index contributed by atoms with van der Waals surface area (Å²) in [5.74, 6) is 0.0121. The molecular formula is C24H26N2O3S. The van der Waals surface area contributed by atoms with Gasteiger partial charge in [-0.3, -0.25) is 19.3 Å². The van der Waals surface area contributed by atoms with E-state index >= 15 is 0 Å². The molecule has 0 aliphatic carbocycles. The average Bonchev–Trinajstić information content (AvgIpc) is 2.97. The minimum atomic E-state index is -0.237. The molecule has 0 bridgehead atoms. The fourth-order valence-corrected chi connectivity index (χ4v) is 4.41. The van der Waals surface area contributed by atoms with Gasteiger partial charge in [0.05, 0.1) is 10.5 Å². The second-order valence-electron chi connectivity index (χ2n) is 7.21. The predicted molar refractivity (Wildman–Crippen MR) is 122 cm³/mol. The van der Waals surface area contributed by atoms with E-state index < -0.39 is 0 Å². The number of thioether (sulfide) groups is 1. The van der Waals surface area contributed by atoms with Gasteiger partial charge in [-0.1, -0.05) is 62.2 Å². The number of anilines is 1. The van der Waals surface area contributed by atoms with E-state index in [1.165, 1.54) is 23.6 Å². The van der Waals surface area contributed by atoms with Crippen molar-refractivity contribution in [3.05, 3.63) is 70.6 Å². The molecule has 0 saturated heterocycles. The van der Waals surface area contributed by atoms with E-state index in [1.54, 1.807) is 24.3 Å². The van der Waals surface area contributed by atoms with Crippen LogP contribution in [0.2, 0.25) is 0 Å². The zero-order valence-electron chi connectivity index (χ0n) is 17.3. The van der Waals surface area contributed by atoms with Gasteiger partial charge in [-0.25, -0.2) is 0 Å². The average molecular weight is 423 g/mol. The Balaban J connectivity index is 1.89. The lowest BCUT2D eigenvalue weighted by Crippen LogP contribution is -2.32. The van der Waals surface area contributed by atoms with Gasteiger partial charge in [0, 0.05) is 24.9 Å². The van der Waals surface area contributed by atoms with Gasteiger partial charge < -0.3 is 5.32 Å². The monoisotopic (exact) mass is 422 g/mol. The number of benzene rings is 2. The Morgan fingerprint density at radius 3 is 2.30 bits per heavy atom. The number of carbonyl (C=O) groups excluding carboxylic acids is 3. The lowest BCUT2D eigenvalue weighted by molar-refractivity contribution is -0.136. The van der Waals surface area contributed by atoms with Crippen molar-refractivity contribution < 1.29 is 14.4 Å². The molecule has 30 heavy (non-hydrogen) atoms. The Morgan fingerprint density at radius 1 is 0.967 bits per heavy atom. The highest BCUT2D eigenvalue weighted by Crippen LogP contribution is 2.38. The molecule has 1 aliphatic rings. The van der Waals surface area contributed by atoms with Crippen LogP contribution in [0, 0.1) is 0 Å². The molecule has 0 aromatic heterocycles. The second-order valence-corrected chi connectivity index (χ2v) is 8.19. The minimum absolute atomic E-state index is 0.157. The largest absolute Gasteiger partial charge is 0.326 e. The van der Waals surface area contributed by atoms with Crippen molar-refractivity contribution in [2.75, 3.05) is 11.9 Å². The number of amides is 3. The normalized spacial score (nSPS) is 13.9. The quantitative estimate of drug-likeness (QED) is 0.463. The Bertz CT molecular complexity index is 952. The van der Waals surface area contributed by atoms with E-state index in [0.29, 0.717) is 34.0 Å². The van der Waals surface area contributed by atoms with Crippen molar-refractivity contribution in [1.82, 2.24) is 4.90 Å². The summed E-state index contributed by atoms with van der Waals surface area (Å²) in [6.45, 7) is 3.98. The molecule has 0 atom stereocenters. The van der Waals surface area contributed by atoms with E-state index in [0.717, 1.165) is 24.8 Å². The third-order valence-electron chi connectivity index (χ3n) is 4.83. The van der Waals surface area contributed by atoms with Crippen LogP contribution in [0.1, 0.15) is 44.2 Å². The molecule has 156 valence electrons. The smallest absolute Gasteiger partial charge is 0.267 e. The number of unbranched alkanes of at least 4 members (excludes halogenated alkanes) is 2. The fourth-order valence-electron chi connectivity index (χ4n) is 3.32. The zero-order valence-corrected chi connectivity index (χ0v) is 18.1. The lowest BCUT2D eigenvalue weighted by Gasteiger charge is -2.14. The Labute approximate surface area is 181 Å². The van der Waals surface area contributed by atoms with Crippen LogP contribution in [-0.2, 0) is 20.1 Å². The molecule has 0 fully saturated rings. The van der Waals surface area contributed by atoms with Gasteiger partial charge in [0.15, 0.2) is 0 Å². The number of nitrogens with one attached hydrogen (secondary N) is 1. The highest BCUT2D eigenvalue weighted by molar-refractivity contribution is 8.03. The Morgan fingerprint density at radius 2 is 1.67 bits per heavy atom. The molecule has 1 aliphatic heterocycles. The van der Waals surface area contributed by atoms with Crippen LogP contribution in [0.15, 0.2) is 59.5 Å². The van der Waals surface area contributed by atoms with Crippen molar-refractivity contribution in [3.8, 4) is 0 Å². The van der Waals surface area contributed by atoms with Gasteiger partial charge in [0.1, 0.15) is 0 Å². The Hall–Kier alpha value is -2.86. The standard InChI is InChI=1S/C24H26N2O3S/c1-3-4-8-15-26-23(28)21(19-11-13-20(14-12-19)25-17(2)27)22(24(26)29)30-16-18-9-6-5-7-10-18/h5-7,9-14H,3-4,8,15-16H2,1-2H3,(H,25,27). The maximum absolute atomic E-state index is 13.2. The molecule has 0 saturated carbocycles. The van der Waals surface area contributed by atoms with Crippen LogP contribution in [0.25, 0.3) is 5.57 Å². The topological polar surface area (TPSA) is 66.5 Å². The zero-order chi connectivity index (χ0) is 21.5. The summed E-state index contributed by atoms with van der Waals surface area (Å²) in [4.78, 5) is 39.4. The molecule has 1 heterocycles. The minimum Gasteiger partial charge on any atom is -0.326 e. The number of rotatable bonds is 9. The van der Waals surface area contributed by atoms with E-state index in [9.17, 15) is 14.4 Å². The summed E-state index contributed by atoms with van der Waals surface area (Å²) in [5, 5.41) is 2.72. The first-order valence-corrected chi connectivity index (χ1v) is 11.1. The molecule has 2 aromatic carbocycles. The van der Waals surface area contributed by atoms with Crippen molar-refractivity contribution >= 4 is 40.7 Å². The van der Waals surface area contributed by atoms with Gasteiger partial charge in [-0.05, 0) is 29.7 Å². The van der Waals surface area contributed by atoms with E-state index in [2.05, 4.69) is 12.2 Å². The van der Waals surface area contributed by atoms with Crippen LogP contribution in [0.5, 0.6) is 0 Å². The molecule has 2 aromatic rings. The first-order chi connectivity index (χ1) is 14.5. The summed E-state index contributed by atoms with van der Waals surface area (Å²) in [7, 11) is 0. The van der Waals surface area contributed by atoms with Gasteiger partial charge in [0.2, 0.25) is 5.91 Å². The fraction of sp³-hybridized carbons (Fsp3) is 0.292. The molecule has 3 rings (SSSR count). The summed E-state index contributed by atoms with van der Waals surface area (Å²) < 4.78 is 0. The molecule has 3 amide bonds. The first-order valence-electron chi connectivity index (χ1n) is 10.2. The van der Waals surface area contributed by atoms with Gasteiger partial charge >= 0.3 is 0 Å². The van der Waals surface area contributed by atoms with Gasteiger partial charge in [0.25, 0.3) is 11.8 Å². The first kappa shape index (κ1) is 21.8. The molecular weight excluding hydrogens is 396 g/mol. The van der Waals surface area contributed by atoms with Crippen LogP contribution < -0.4 is 5.32 Å². The number of nitrogens with zero attached hydrogens (tertiary/aromatic N) is 1. The lowest BCUT2D eigenvalue weighted by atomic mass is 10.1. The second kappa shape index (κ2) is 10.3. The highest BCUT2D eigenvalue weighted by Gasteiger charge is 2.38.